The molecule has 6 nitrogen and oxygen atoms in total. The molecule has 0 saturated carbocycles. The zero-order valence-electron chi connectivity index (χ0n) is 12.2. The monoisotopic (exact) mass is 292 g/mol. The number of likely N-dealkylation sites (tertiary alicyclic amines) is 1. The van der Waals surface area contributed by atoms with E-state index >= 15 is 0 Å². The summed E-state index contributed by atoms with van der Waals surface area (Å²) in [5.74, 6) is -0.639. The molecule has 114 valence electrons. The molecular weight excluding hydrogens is 272 g/mol. The first-order chi connectivity index (χ1) is 10.0. The molecule has 2 atom stereocenters. The van der Waals surface area contributed by atoms with Crippen LogP contribution in [0.25, 0.3) is 0 Å². The number of methoxy groups -OCH3 is 1. The molecule has 0 bridgehead atoms. The van der Waals surface area contributed by atoms with E-state index in [-0.39, 0.29) is 18.5 Å². The lowest BCUT2D eigenvalue weighted by Crippen LogP contribution is -2.38. The third kappa shape index (κ3) is 3.45. The van der Waals surface area contributed by atoms with Crippen molar-refractivity contribution < 1.29 is 19.4 Å². The number of nitrogens with zero attached hydrogens (tertiary/aromatic N) is 1. The lowest BCUT2D eigenvalue weighted by atomic mass is 9.99. The van der Waals surface area contributed by atoms with Crippen molar-refractivity contribution in [2.45, 2.75) is 13.5 Å². The number of rotatable bonds is 4. The SMILES string of the molecule is COc1ccccc1CNC(=O)N1CC(C)C(C(=O)O)C1. The highest BCUT2D eigenvalue weighted by molar-refractivity contribution is 5.77. The number of aliphatic carboxylic acids is 1. The summed E-state index contributed by atoms with van der Waals surface area (Å²) in [4.78, 5) is 24.7. The van der Waals surface area contributed by atoms with Crippen molar-refractivity contribution in [3.8, 4) is 5.75 Å². The second kappa shape index (κ2) is 6.47. The summed E-state index contributed by atoms with van der Waals surface area (Å²) < 4.78 is 5.23. The molecule has 0 aromatic heterocycles. The van der Waals surface area contributed by atoms with Crippen molar-refractivity contribution in [2.75, 3.05) is 20.2 Å². The van der Waals surface area contributed by atoms with E-state index in [2.05, 4.69) is 5.32 Å². The fourth-order valence-electron chi connectivity index (χ4n) is 2.59. The van der Waals surface area contributed by atoms with Gasteiger partial charge in [0.2, 0.25) is 0 Å². The Hall–Kier alpha value is -2.24. The summed E-state index contributed by atoms with van der Waals surface area (Å²) >= 11 is 0. The Kier molecular flexibility index (Phi) is 4.67. The summed E-state index contributed by atoms with van der Waals surface area (Å²) in [5.41, 5.74) is 0.885. The summed E-state index contributed by atoms with van der Waals surface area (Å²) in [7, 11) is 1.58. The maximum Gasteiger partial charge on any atom is 0.317 e. The number of nitrogens with one attached hydrogen (secondary N) is 1. The first-order valence-electron chi connectivity index (χ1n) is 6.90. The number of carbonyl (C=O) groups is 2. The van der Waals surface area contributed by atoms with Gasteiger partial charge < -0.3 is 20.1 Å². The van der Waals surface area contributed by atoms with Gasteiger partial charge in [-0.3, -0.25) is 4.79 Å². The van der Waals surface area contributed by atoms with Gasteiger partial charge in [-0.15, -0.1) is 0 Å². The van der Waals surface area contributed by atoms with Gasteiger partial charge in [-0.25, -0.2) is 4.79 Å². The Labute approximate surface area is 123 Å². The van der Waals surface area contributed by atoms with Gasteiger partial charge in [0.1, 0.15) is 5.75 Å². The Morgan fingerprint density at radius 1 is 1.38 bits per heavy atom. The van der Waals surface area contributed by atoms with Crippen LogP contribution in [0.1, 0.15) is 12.5 Å². The van der Waals surface area contributed by atoms with Crippen LogP contribution in [0.5, 0.6) is 5.75 Å². The van der Waals surface area contributed by atoms with Crippen LogP contribution in [0.2, 0.25) is 0 Å². The Morgan fingerprint density at radius 3 is 2.71 bits per heavy atom. The van der Waals surface area contributed by atoms with E-state index < -0.39 is 11.9 Å². The molecule has 1 heterocycles. The highest BCUT2D eigenvalue weighted by Gasteiger charge is 2.36. The fourth-order valence-corrected chi connectivity index (χ4v) is 2.59. The van der Waals surface area contributed by atoms with Gasteiger partial charge in [0.05, 0.1) is 13.0 Å². The van der Waals surface area contributed by atoms with Crippen LogP contribution in [0.15, 0.2) is 24.3 Å². The molecule has 21 heavy (non-hydrogen) atoms. The van der Waals surface area contributed by atoms with Crippen LogP contribution in [0, 0.1) is 11.8 Å². The Morgan fingerprint density at radius 2 is 2.10 bits per heavy atom. The number of amides is 2. The zero-order valence-corrected chi connectivity index (χ0v) is 12.2. The number of hydrogen-bond donors (Lipinski definition) is 2. The zero-order chi connectivity index (χ0) is 15.4. The predicted octanol–water partition coefficient (Wildman–Crippen LogP) is 1.56. The molecule has 2 unspecified atom stereocenters. The number of para-hydroxylation sites is 1. The number of carboxylic acids is 1. The lowest BCUT2D eigenvalue weighted by Gasteiger charge is -2.17. The number of benzene rings is 1. The van der Waals surface area contributed by atoms with E-state index in [1.165, 1.54) is 0 Å². The first-order valence-corrected chi connectivity index (χ1v) is 6.90. The standard InChI is InChI=1S/C15H20N2O4/c1-10-8-17(9-12(10)14(18)19)15(20)16-7-11-5-3-4-6-13(11)21-2/h3-6,10,12H,7-9H2,1-2H3,(H,16,20)(H,18,19). The van der Waals surface area contributed by atoms with Crippen molar-refractivity contribution >= 4 is 12.0 Å². The third-order valence-corrected chi connectivity index (χ3v) is 3.84. The molecule has 0 aliphatic carbocycles. The smallest absolute Gasteiger partial charge is 0.317 e. The molecular formula is C15H20N2O4. The summed E-state index contributed by atoms with van der Waals surface area (Å²) in [6.07, 6.45) is 0. The molecule has 0 spiro atoms. The minimum Gasteiger partial charge on any atom is -0.496 e. The highest BCUT2D eigenvalue weighted by atomic mass is 16.5. The van der Waals surface area contributed by atoms with E-state index in [1.807, 2.05) is 31.2 Å². The Bertz CT molecular complexity index is 532. The molecule has 1 aromatic rings. The van der Waals surface area contributed by atoms with Crippen molar-refractivity contribution in [3.05, 3.63) is 29.8 Å². The summed E-state index contributed by atoms with van der Waals surface area (Å²) in [5, 5.41) is 11.9. The second-order valence-corrected chi connectivity index (χ2v) is 5.30. The quantitative estimate of drug-likeness (QED) is 0.882. The van der Waals surface area contributed by atoms with Crippen LogP contribution in [0.4, 0.5) is 4.79 Å². The fraction of sp³-hybridized carbons (Fsp3) is 0.467. The largest absolute Gasteiger partial charge is 0.496 e. The number of carboxylic acid groups (broad SMARTS) is 1. The van der Waals surface area contributed by atoms with Crippen LogP contribution in [-0.2, 0) is 11.3 Å². The van der Waals surface area contributed by atoms with Gasteiger partial charge in [-0.05, 0) is 12.0 Å². The maximum absolute atomic E-state index is 12.1. The van der Waals surface area contributed by atoms with Crippen molar-refractivity contribution in [3.63, 3.8) is 0 Å². The van der Waals surface area contributed by atoms with Gasteiger partial charge in [-0.2, -0.15) is 0 Å². The normalized spacial score (nSPS) is 21.1. The van der Waals surface area contributed by atoms with Gasteiger partial charge in [0.25, 0.3) is 0 Å². The molecule has 2 rings (SSSR count). The minimum absolute atomic E-state index is 0.0282. The number of urea groups is 1. The number of carbonyl (C=O) groups excluding carboxylic acids is 1. The summed E-state index contributed by atoms with van der Waals surface area (Å²) in [6.45, 7) is 2.93. The molecule has 2 amide bonds. The molecule has 1 aliphatic heterocycles. The van der Waals surface area contributed by atoms with Crippen molar-refractivity contribution in [1.82, 2.24) is 10.2 Å². The van der Waals surface area contributed by atoms with Gasteiger partial charge >= 0.3 is 12.0 Å². The highest BCUT2D eigenvalue weighted by Crippen LogP contribution is 2.23. The van der Waals surface area contributed by atoms with E-state index in [0.717, 1.165) is 11.3 Å². The van der Waals surface area contributed by atoms with E-state index in [4.69, 9.17) is 9.84 Å². The van der Waals surface area contributed by atoms with Crippen LogP contribution in [0.3, 0.4) is 0 Å². The Balaban J connectivity index is 1.92. The van der Waals surface area contributed by atoms with Gasteiger partial charge in [0.15, 0.2) is 0 Å². The van der Waals surface area contributed by atoms with Crippen molar-refractivity contribution in [2.24, 2.45) is 11.8 Å². The first kappa shape index (κ1) is 15.2. The van der Waals surface area contributed by atoms with Crippen LogP contribution < -0.4 is 10.1 Å². The van der Waals surface area contributed by atoms with Gasteiger partial charge in [0, 0.05) is 25.2 Å². The van der Waals surface area contributed by atoms with Crippen molar-refractivity contribution in [1.29, 1.82) is 0 Å². The molecule has 2 N–H and O–H groups in total. The molecule has 1 aliphatic rings. The number of ether oxygens (including phenoxy) is 1. The average Bonchev–Trinajstić information content (AvgIpc) is 2.87. The van der Waals surface area contributed by atoms with Gasteiger partial charge in [-0.1, -0.05) is 25.1 Å². The molecule has 6 heteroatoms. The molecule has 1 saturated heterocycles. The number of hydrogen-bond acceptors (Lipinski definition) is 3. The van der Waals surface area contributed by atoms with E-state index in [1.54, 1.807) is 12.0 Å². The van der Waals surface area contributed by atoms with E-state index in [0.29, 0.717) is 13.1 Å². The lowest BCUT2D eigenvalue weighted by molar-refractivity contribution is -0.142. The summed E-state index contributed by atoms with van der Waals surface area (Å²) in [6, 6.07) is 7.22. The topological polar surface area (TPSA) is 78.9 Å². The van der Waals surface area contributed by atoms with E-state index in [9.17, 15) is 9.59 Å². The minimum atomic E-state index is -0.845. The third-order valence-electron chi connectivity index (χ3n) is 3.84. The molecule has 0 radical (unpaired) electrons. The van der Waals surface area contributed by atoms with Crippen LogP contribution in [-0.4, -0.2) is 42.2 Å². The average molecular weight is 292 g/mol. The van der Waals surface area contributed by atoms with Crippen LogP contribution >= 0.6 is 0 Å². The maximum atomic E-state index is 12.1. The molecule has 1 fully saturated rings. The second-order valence-electron chi connectivity index (χ2n) is 5.30. The molecule has 1 aromatic carbocycles. The predicted molar refractivity (Wildman–Crippen MR) is 77.1 cm³/mol.